The van der Waals surface area contributed by atoms with Crippen molar-refractivity contribution >= 4 is 0 Å². The minimum atomic E-state index is 0.418. The third-order valence-electron chi connectivity index (χ3n) is 5.27. The molecular formula is C17H32N4. The van der Waals surface area contributed by atoms with Crippen molar-refractivity contribution in [3.05, 3.63) is 12.2 Å². The van der Waals surface area contributed by atoms with Crippen molar-refractivity contribution in [2.45, 2.75) is 59.9 Å². The maximum atomic E-state index is 4.49. The predicted octanol–water partition coefficient (Wildman–Crippen LogP) is 3.14. The molecule has 1 aromatic heterocycles. The van der Waals surface area contributed by atoms with E-state index in [0.29, 0.717) is 5.41 Å². The minimum absolute atomic E-state index is 0.418. The maximum absolute atomic E-state index is 4.49. The number of nitrogens with one attached hydrogen (secondary N) is 1. The Hall–Kier alpha value is -0.900. The summed E-state index contributed by atoms with van der Waals surface area (Å²) in [5, 5.41) is 7.72. The minimum Gasteiger partial charge on any atom is -0.319 e. The molecule has 21 heavy (non-hydrogen) atoms. The van der Waals surface area contributed by atoms with Crippen molar-refractivity contribution < 1.29 is 0 Å². The fourth-order valence-corrected chi connectivity index (χ4v) is 3.84. The molecule has 0 aromatic carbocycles. The molecule has 0 amide bonds. The number of aromatic nitrogens is 3. The first-order valence-electron chi connectivity index (χ1n) is 8.47. The van der Waals surface area contributed by atoms with E-state index in [-0.39, 0.29) is 0 Å². The Kier molecular flexibility index (Phi) is 5.42. The van der Waals surface area contributed by atoms with Crippen molar-refractivity contribution in [2.24, 2.45) is 23.2 Å². The Morgan fingerprint density at radius 2 is 2.05 bits per heavy atom. The van der Waals surface area contributed by atoms with Gasteiger partial charge in [0.05, 0.1) is 0 Å². The summed E-state index contributed by atoms with van der Waals surface area (Å²) < 4.78 is 2.05. The number of hydrogen-bond acceptors (Lipinski definition) is 3. The van der Waals surface area contributed by atoms with Gasteiger partial charge in [0, 0.05) is 13.0 Å². The van der Waals surface area contributed by atoms with Crippen LogP contribution in [0.1, 0.15) is 52.8 Å². The molecule has 3 unspecified atom stereocenters. The first-order chi connectivity index (χ1) is 9.95. The van der Waals surface area contributed by atoms with Crippen LogP contribution < -0.4 is 5.32 Å². The van der Waals surface area contributed by atoms with E-state index in [4.69, 9.17) is 0 Å². The summed E-state index contributed by atoms with van der Waals surface area (Å²) in [5.41, 5.74) is 0.418. The van der Waals surface area contributed by atoms with Crippen molar-refractivity contribution in [1.82, 2.24) is 20.1 Å². The smallest absolute Gasteiger partial charge is 0.138 e. The standard InChI is InChI=1S/C17H32N4/c1-6-21-16(19-12-20-21)10-14-9-15(17(2,3)4)8-7-13(14)11-18-5/h12-15,18H,6-11H2,1-5H3. The van der Waals surface area contributed by atoms with Crippen LogP contribution in [0.2, 0.25) is 0 Å². The van der Waals surface area contributed by atoms with Crippen molar-refractivity contribution in [1.29, 1.82) is 0 Å². The second-order valence-corrected chi connectivity index (χ2v) is 7.65. The Balaban J connectivity index is 2.10. The highest BCUT2D eigenvalue weighted by atomic mass is 15.3. The molecule has 0 bridgehead atoms. The van der Waals surface area contributed by atoms with Gasteiger partial charge >= 0.3 is 0 Å². The molecule has 0 aliphatic heterocycles. The summed E-state index contributed by atoms with van der Waals surface area (Å²) in [4.78, 5) is 4.49. The molecule has 120 valence electrons. The third kappa shape index (κ3) is 4.06. The van der Waals surface area contributed by atoms with Gasteiger partial charge in [0.1, 0.15) is 12.2 Å². The molecular weight excluding hydrogens is 260 g/mol. The lowest BCUT2D eigenvalue weighted by atomic mass is 9.64. The highest BCUT2D eigenvalue weighted by Crippen LogP contribution is 2.43. The molecule has 0 spiro atoms. The number of rotatable bonds is 5. The van der Waals surface area contributed by atoms with E-state index >= 15 is 0 Å². The van der Waals surface area contributed by atoms with Gasteiger partial charge in [0.15, 0.2) is 0 Å². The molecule has 0 radical (unpaired) electrons. The average molecular weight is 292 g/mol. The summed E-state index contributed by atoms with van der Waals surface area (Å²) in [6.45, 7) is 11.4. The van der Waals surface area contributed by atoms with Gasteiger partial charge in [-0.2, -0.15) is 5.10 Å². The van der Waals surface area contributed by atoms with Crippen LogP contribution in [0.15, 0.2) is 6.33 Å². The van der Waals surface area contributed by atoms with Gasteiger partial charge in [-0.3, -0.25) is 4.68 Å². The van der Waals surface area contributed by atoms with Crippen LogP contribution in [0.3, 0.4) is 0 Å². The normalized spacial score (nSPS) is 27.0. The van der Waals surface area contributed by atoms with Gasteiger partial charge < -0.3 is 5.32 Å². The topological polar surface area (TPSA) is 42.7 Å². The molecule has 0 saturated heterocycles. The summed E-state index contributed by atoms with van der Waals surface area (Å²) >= 11 is 0. The summed E-state index contributed by atoms with van der Waals surface area (Å²) in [5.74, 6) is 3.49. The van der Waals surface area contributed by atoms with E-state index < -0.39 is 0 Å². The van der Waals surface area contributed by atoms with E-state index in [1.54, 1.807) is 6.33 Å². The van der Waals surface area contributed by atoms with Crippen molar-refractivity contribution in [3.8, 4) is 0 Å². The Morgan fingerprint density at radius 3 is 2.67 bits per heavy atom. The van der Waals surface area contributed by atoms with Gasteiger partial charge in [0.2, 0.25) is 0 Å². The lowest BCUT2D eigenvalue weighted by Gasteiger charge is -2.42. The summed E-state index contributed by atoms with van der Waals surface area (Å²) in [6, 6.07) is 0. The lowest BCUT2D eigenvalue weighted by molar-refractivity contribution is 0.0964. The Morgan fingerprint density at radius 1 is 1.29 bits per heavy atom. The van der Waals surface area contributed by atoms with Crippen LogP contribution in [0, 0.1) is 23.2 Å². The fraction of sp³-hybridized carbons (Fsp3) is 0.882. The molecule has 4 heteroatoms. The van der Waals surface area contributed by atoms with Gasteiger partial charge in [-0.05, 0) is 62.9 Å². The quantitative estimate of drug-likeness (QED) is 0.906. The van der Waals surface area contributed by atoms with Crippen LogP contribution in [0.4, 0.5) is 0 Å². The van der Waals surface area contributed by atoms with Crippen LogP contribution in [-0.4, -0.2) is 28.4 Å². The fourth-order valence-electron chi connectivity index (χ4n) is 3.84. The molecule has 1 aliphatic rings. The molecule has 1 fully saturated rings. The summed E-state index contributed by atoms with van der Waals surface area (Å²) in [6.07, 6.45) is 6.82. The Bertz CT molecular complexity index is 432. The number of nitrogens with zero attached hydrogens (tertiary/aromatic N) is 3. The molecule has 4 nitrogen and oxygen atoms in total. The molecule has 2 rings (SSSR count). The second kappa shape index (κ2) is 6.91. The average Bonchev–Trinajstić information content (AvgIpc) is 2.87. The zero-order valence-electron chi connectivity index (χ0n) is 14.4. The zero-order valence-corrected chi connectivity index (χ0v) is 14.4. The highest BCUT2D eigenvalue weighted by Gasteiger charge is 2.36. The number of hydrogen-bond donors (Lipinski definition) is 1. The van der Waals surface area contributed by atoms with Crippen LogP contribution in [-0.2, 0) is 13.0 Å². The van der Waals surface area contributed by atoms with E-state index in [1.165, 1.54) is 19.3 Å². The van der Waals surface area contributed by atoms with Crippen molar-refractivity contribution in [3.63, 3.8) is 0 Å². The SMILES string of the molecule is CCn1ncnc1CC1CC(C(C)(C)C)CCC1CNC. The van der Waals surface area contributed by atoms with E-state index in [1.807, 2.05) is 0 Å². The zero-order chi connectivity index (χ0) is 15.5. The van der Waals surface area contributed by atoms with E-state index in [9.17, 15) is 0 Å². The van der Waals surface area contributed by atoms with Crippen LogP contribution in [0.25, 0.3) is 0 Å². The Labute approximate surface area is 129 Å². The van der Waals surface area contributed by atoms with Crippen molar-refractivity contribution in [2.75, 3.05) is 13.6 Å². The third-order valence-corrected chi connectivity index (χ3v) is 5.27. The van der Waals surface area contributed by atoms with Gasteiger partial charge in [-0.15, -0.1) is 0 Å². The predicted molar refractivity (Wildman–Crippen MR) is 87.1 cm³/mol. The highest BCUT2D eigenvalue weighted by molar-refractivity contribution is 4.94. The maximum Gasteiger partial charge on any atom is 0.138 e. The monoisotopic (exact) mass is 292 g/mol. The molecule has 1 aromatic rings. The van der Waals surface area contributed by atoms with Gasteiger partial charge in [-0.25, -0.2) is 4.98 Å². The van der Waals surface area contributed by atoms with Gasteiger partial charge in [0.25, 0.3) is 0 Å². The van der Waals surface area contributed by atoms with Crippen LogP contribution >= 0.6 is 0 Å². The van der Waals surface area contributed by atoms with E-state index in [0.717, 1.165) is 43.1 Å². The molecule has 1 N–H and O–H groups in total. The number of aryl methyl sites for hydroxylation is 1. The lowest BCUT2D eigenvalue weighted by Crippen LogP contribution is -2.37. The second-order valence-electron chi connectivity index (χ2n) is 7.65. The summed E-state index contributed by atoms with van der Waals surface area (Å²) in [7, 11) is 2.07. The van der Waals surface area contributed by atoms with Gasteiger partial charge in [-0.1, -0.05) is 20.8 Å². The first kappa shape index (κ1) is 16.5. The largest absolute Gasteiger partial charge is 0.319 e. The molecule has 1 saturated carbocycles. The molecule has 1 aliphatic carbocycles. The first-order valence-corrected chi connectivity index (χ1v) is 8.47. The van der Waals surface area contributed by atoms with E-state index in [2.05, 4.69) is 54.8 Å². The molecule has 1 heterocycles. The molecule has 3 atom stereocenters. The van der Waals surface area contributed by atoms with Crippen LogP contribution in [0.5, 0.6) is 0 Å².